The van der Waals surface area contributed by atoms with Crippen LogP contribution in [0.15, 0.2) is 103 Å². The van der Waals surface area contributed by atoms with E-state index in [1.54, 1.807) is 4.90 Å². The Balaban J connectivity index is 1.25. The highest BCUT2D eigenvalue weighted by atomic mass is 16.2. The molecule has 1 aliphatic rings. The maximum absolute atomic E-state index is 12.9. The van der Waals surface area contributed by atoms with Crippen LogP contribution >= 0.6 is 0 Å². The van der Waals surface area contributed by atoms with Crippen LogP contribution in [0, 0.1) is 0 Å². The number of hydrogen-bond donors (Lipinski definition) is 1. The molecule has 0 bridgehead atoms. The number of fused-ring (bicyclic) bond motifs is 1. The maximum atomic E-state index is 12.9. The minimum atomic E-state index is -0.591. The van der Waals surface area contributed by atoms with Gasteiger partial charge in [-0.25, -0.2) is 0 Å². The van der Waals surface area contributed by atoms with Gasteiger partial charge in [0.05, 0.1) is 6.04 Å². The normalized spacial score (nSPS) is 14.3. The van der Waals surface area contributed by atoms with Gasteiger partial charge in [-0.05, 0) is 34.0 Å². The van der Waals surface area contributed by atoms with Gasteiger partial charge in [0.2, 0.25) is 0 Å². The number of piperazine rings is 1. The van der Waals surface area contributed by atoms with Crippen molar-refractivity contribution < 1.29 is 9.59 Å². The first-order chi connectivity index (χ1) is 16.7. The molecular formula is C29H27N3O2. The third-order valence-corrected chi connectivity index (χ3v) is 6.40. The van der Waals surface area contributed by atoms with E-state index in [4.69, 9.17) is 0 Å². The van der Waals surface area contributed by atoms with Gasteiger partial charge in [0.15, 0.2) is 0 Å². The summed E-state index contributed by atoms with van der Waals surface area (Å²) in [5.74, 6) is -1.07. The number of nitrogens with zero attached hydrogens (tertiary/aromatic N) is 2. The van der Waals surface area contributed by atoms with E-state index in [-0.39, 0.29) is 6.04 Å². The molecule has 170 valence electrons. The molecule has 0 saturated carbocycles. The zero-order chi connectivity index (χ0) is 23.3. The SMILES string of the molecule is O=C(Nc1ccc2ccccc2c1)C(=O)N1CCN(C(c2ccccc2)c2ccccc2)CC1. The zero-order valence-electron chi connectivity index (χ0n) is 18.9. The number of carbonyl (C=O) groups is 2. The lowest BCUT2D eigenvalue weighted by molar-refractivity contribution is -0.144. The Labute approximate surface area is 199 Å². The van der Waals surface area contributed by atoms with Crippen LogP contribution < -0.4 is 5.32 Å². The molecule has 1 N–H and O–H groups in total. The summed E-state index contributed by atoms with van der Waals surface area (Å²) < 4.78 is 0. The Morgan fingerprint density at radius 1 is 0.647 bits per heavy atom. The van der Waals surface area contributed by atoms with Crippen molar-refractivity contribution in [3.63, 3.8) is 0 Å². The van der Waals surface area contributed by atoms with Crippen molar-refractivity contribution in [1.29, 1.82) is 0 Å². The number of anilines is 1. The summed E-state index contributed by atoms with van der Waals surface area (Å²) in [6, 6.07) is 34.6. The minimum absolute atomic E-state index is 0.117. The van der Waals surface area contributed by atoms with Gasteiger partial charge in [0.25, 0.3) is 0 Å². The van der Waals surface area contributed by atoms with Gasteiger partial charge >= 0.3 is 11.8 Å². The largest absolute Gasteiger partial charge is 0.332 e. The molecule has 2 amide bonds. The van der Waals surface area contributed by atoms with Gasteiger partial charge in [-0.15, -0.1) is 0 Å². The lowest BCUT2D eigenvalue weighted by Gasteiger charge is -2.39. The van der Waals surface area contributed by atoms with Crippen LogP contribution in [0.3, 0.4) is 0 Å². The van der Waals surface area contributed by atoms with Crippen molar-refractivity contribution in [2.24, 2.45) is 0 Å². The Kier molecular flexibility index (Phi) is 6.36. The molecule has 0 radical (unpaired) electrons. The second-order valence-electron chi connectivity index (χ2n) is 8.57. The van der Waals surface area contributed by atoms with Crippen molar-refractivity contribution in [3.05, 3.63) is 114 Å². The molecule has 5 rings (SSSR count). The fraction of sp³-hybridized carbons (Fsp3) is 0.172. The molecule has 1 heterocycles. The summed E-state index contributed by atoms with van der Waals surface area (Å²) in [6.07, 6.45) is 0. The molecular weight excluding hydrogens is 422 g/mol. The van der Waals surface area contributed by atoms with E-state index in [2.05, 4.69) is 58.7 Å². The molecule has 1 saturated heterocycles. The highest BCUT2D eigenvalue weighted by Crippen LogP contribution is 2.29. The van der Waals surface area contributed by atoms with Gasteiger partial charge in [-0.3, -0.25) is 14.5 Å². The quantitative estimate of drug-likeness (QED) is 0.459. The molecule has 4 aromatic rings. The van der Waals surface area contributed by atoms with Crippen LogP contribution in [0.4, 0.5) is 5.69 Å². The smallest absolute Gasteiger partial charge is 0.313 e. The fourth-order valence-electron chi connectivity index (χ4n) is 4.66. The third kappa shape index (κ3) is 4.70. The van der Waals surface area contributed by atoms with Crippen LogP contribution in [0.1, 0.15) is 17.2 Å². The molecule has 0 aliphatic carbocycles. The molecule has 0 spiro atoms. The minimum Gasteiger partial charge on any atom is -0.332 e. The molecule has 1 fully saturated rings. The topological polar surface area (TPSA) is 52.7 Å². The van der Waals surface area contributed by atoms with E-state index in [0.717, 1.165) is 10.8 Å². The van der Waals surface area contributed by atoms with Gasteiger partial charge in [0.1, 0.15) is 0 Å². The van der Waals surface area contributed by atoms with Gasteiger partial charge < -0.3 is 10.2 Å². The van der Waals surface area contributed by atoms with Gasteiger partial charge in [0, 0.05) is 31.9 Å². The van der Waals surface area contributed by atoms with E-state index < -0.39 is 11.8 Å². The van der Waals surface area contributed by atoms with Crippen molar-refractivity contribution in [2.75, 3.05) is 31.5 Å². The number of hydrogen-bond acceptors (Lipinski definition) is 3. The van der Waals surface area contributed by atoms with Crippen LogP contribution in [-0.4, -0.2) is 47.8 Å². The first kappa shape index (κ1) is 21.9. The molecule has 5 nitrogen and oxygen atoms in total. The van der Waals surface area contributed by atoms with Gasteiger partial charge in [-0.1, -0.05) is 91.0 Å². The number of carbonyl (C=O) groups excluding carboxylic acids is 2. The van der Waals surface area contributed by atoms with Crippen molar-refractivity contribution in [1.82, 2.24) is 9.80 Å². The first-order valence-corrected chi connectivity index (χ1v) is 11.6. The third-order valence-electron chi connectivity index (χ3n) is 6.40. The highest BCUT2D eigenvalue weighted by molar-refractivity contribution is 6.39. The van der Waals surface area contributed by atoms with Crippen molar-refractivity contribution in [3.8, 4) is 0 Å². The average Bonchev–Trinajstić information content (AvgIpc) is 2.90. The van der Waals surface area contributed by atoms with Crippen LogP contribution in [0.2, 0.25) is 0 Å². The number of nitrogens with one attached hydrogen (secondary N) is 1. The Morgan fingerprint density at radius 2 is 1.21 bits per heavy atom. The second kappa shape index (κ2) is 9.89. The predicted octanol–water partition coefficient (Wildman–Crippen LogP) is 4.71. The Morgan fingerprint density at radius 3 is 1.82 bits per heavy atom. The van der Waals surface area contributed by atoms with Crippen LogP contribution in [0.5, 0.6) is 0 Å². The summed E-state index contributed by atoms with van der Waals surface area (Å²) in [6.45, 7) is 2.42. The highest BCUT2D eigenvalue weighted by Gasteiger charge is 2.30. The predicted molar refractivity (Wildman–Crippen MR) is 135 cm³/mol. The Bertz CT molecular complexity index is 1240. The molecule has 1 aliphatic heterocycles. The van der Waals surface area contributed by atoms with E-state index in [0.29, 0.717) is 31.9 Å². The van der Waals surface area contributed by atoms with Crippen molar-refractivity contribution >= 4 is 28.3 Å². The number of benzene rings is 4. The lowest BCUT2D eigenvalue weighted by Crippen LogP contribution is -2.52. The first-order valence-electron chi connectivity index (χ1n) is 11.6. The zero-order valence-corrected chi connectivity index (χ0v) is 18.9. The summed E-state index contributed by atoms with van der Waals surface area (Å²) in [5, 5.41) is 4.89. The monoisotopic (exact) mass is 449 g/mol. The second-order valence-corrected chi connectivity index (χ2v) is 8.57. The lowest BCUT2D eigenvalue weighted by atomic mass is 9.96. The Hall–Kier alpha value is -3.96. The summed E-state index contributed by atoms with van der Waals surface area (Å²) >= 11 is 0. The van der Waals surface area contributed by atoms with E-state index in [1.165, 1.54) is 11.1 Å². The molecule has 0 unspecified atom stereocenters. The number of rotatable bonds is 4. The summed E-state index contributed by atoms with van der Waals surface area (Å²) in [4.78, 5) is 29.6. The summed E-state index contributed by atoms with van der Waals surface area (Å²) in [5.41, 5.74) is 3.08. The van der Waals surface area contributed by atoms with E-state index >= 15 is 0 Å². The van der Waals surface area contributed by atoms with Crippen molar-refractivity contribution in [2.45, 2.75) is 6.04 Å². The molecule has 34 heavy (non-hydrogen) atoms. The standard InChI is InChI=1S/C29H27N3O2/c33-28(30-26-16-15-22-9-7-8-14-25(22)21-26)29(34)32-19-17-31(18-20-32)27(23-10-3-1-4-11-23)24-12-5-2-6-13-24/h1-16,21,27H,17-20H2,(H,30,33). The van der Waals surface area contributed by atoms with E-state index in [9.17, 15) is 9.59 Å². The average molecular weight is 450 g/mol. The summed E-state index contributed by atoms with van der Waals surface area (Å²) in [7, 11) is 0. The van der Waals surface area contributed by atoms with E-state index in [1.807, 2.05) is 54.6 Å². The maximum Gasteiger partial charge on any atom is 0.313 e. The molecule has 5 heteroatoms. The molecule has 4 aromatic carbocycles. The van der Waals surface area contributed by atoms with Gasteiger partial charge in [-0.2, -0.15) is 0 Å². The number of amides is 2. The molecule has 0 atom stereocenters. The fourth-order valence-corrected chi connectivity index (χ4v) is 4.66. The van der Waals surface area contributed by atoms with Crippen LogP contribution in [0.25, 0.3) is 10.8 Å². The van der Waals surface area contributed by atoms with Crippen LogP contribution in [-0.2, 0) is 9.59 Å². The molecule has 0 aromatic heterocycles.